The molecule has 0 atom stereocenters. The summed E-state index contributed by atoms with van der Waals surface area (Å²) in [6.07, 6.45) is 1.59. The lowest BCUT2D eigenvalue weighted by Gasteiger charge is -2.05. The molecule has 14 heavy (non-hydrogen) atoms. The minimum atomic E-state index is 0.0503. The number of carbonyl (C=O) groups is 1. The Kier molecular flexibility index (Phi) is 3.95. The zero-order valence-electron chi connectivity index (χ0n) is 8.36. The molecule has 0 aliphatic carbocycles. The van der Waals surface area contributed by atoms with Crippen LogP contribution in [0, 0.1) is 0 Å². The molecule has 0 fully saturated rings. The van der Waals surface area contributed by atoms with Gasteiger partial charge < -0.3 is 5.73 Å². The molecule has 0 spiro atoms. The number of hydrogen-bond donors (Lipinski definition) is 1. The van der Waals surface area contributed by atoms with Crippen molar-refractivity contribution >= 4 is 23.4 Å². The summed E-state index contributed by atoms with van der Waals surface area (Å²) < 4.78 is 0. The predicted molar refractivity (Wildman–Crippen MR) is 60.6 cm³/mol. The first-order valence-corrected chi connectivity index (χ1v) is 5.51. The highest BCUT2D eigenvalue weighted by atomic mass is 32.2. The number of nitrogens with two attached hydrogens (primary N) is 1. The number of nitrogens with zero attached hydrogens (tertiary/aromatic N) is 1. The molecule has 1 aromatic rings. The fourth-order valence-corrected chi connectivity index (χ4v) is 1.61. The van der Waals surface area contributed by atoms with Crippen LogP contribution in [0.3, 0.4) is 0 Å². The maximum atomic E-state index is 11.6. The van der Waals surface area contributed by atoms with Gasteiger partial charge in [-0.25, -0.2) is 4.98 Å². The summed E-state index contributed by atoms with van der Waals surface area (Å²) >= 11 is 1.61. The summed E-state index contributed by atoms with van der Waals surface area (Å²) in [5.74, 6) is 0.837. The Morgan fingerprint density at radius 2 is 2.36 bits per heavy atom. The Morgan fingerprint density at radius 1 is 1.64 bits per heavy atom. The highest BCUT2D eigenvalue weighted by Gasteiger charge is 2.10. The Bertz CT molecular complexity index is 326. The number of anilines is 1. The van der Waals surface area contributed by atoms with Crippen LogP contribution >= 0.6 is 11.8 Å². The van der Waals surface area contributed by atoms with Crippen LogP contribution in [-0.2, 0) is 0 Å². The van der Waals surface area contributed by atoms with E-state index in [-0.39, 0.29) is 5.78 Å². The summed E-state index contributed by atoms with van der Waals surface area (Å²) in [6.45, 7) is 4.12. The molecule has 1 heterocycles. The number of hydrogen-bond acceptors (Lipinski definition) is 4. The molecule has 0 saturated heterocycles. The highest BCUT2D eigenvalue weighted by molar-refractivity contribution is 8.00. The maximum absolute atomic E-state index is 11.6. The van der Waals surface area contributed by atoms with Crippen molar-refractivity contribution in [1.82, 2.24) is 4.98 Å². The molecular formula is C10H14N2OS. The van der Waals surface area contributed by atoms with Crippen molar-refractivity contribution in [3.8, 4) is 0 Å². The smallest absolute Gasteiger partial charge is 0.176 e. The van der Waals surface area contributed by atoms with Gasteiger partial charge in [-0.1, -0.05) is 13.8 Å². The molecule has 0 saturated carbocycles. The van der Waals surface area contributed by atoms with Crippen LogP contribution in [-0.4, -0.2) is 21.8 Å². The number of nitrogen functional groups attached to an aromatic ring is 1. The number of carbonyl (C=O) groups excluding carboxylic acids is 1. The molecule has 0 aliphatic heterocycles. The second-order valence-corrected chi connectivity index (χ2v) is 4.78. The van der Waals surface area contributed by atoms with E-state index in [0.29, 0.717) is 22.4 Å². The molecule has 76 valence electrons. The summed E-state index contributed by atoms with van der Waals surface area (Å²) in [4.78, 5) is 15.5. The third kappa shape index (κ3) is 3.03. The van der Waals surface area contributed by atoms with Gasteiger partial charge in [0.2, 0.25) is 0 Å². The van der Waals surface area contributed by atoms with E-state index in [1.165, 1.54) is 0 Å². The quantitative estimate of drug-likeness (QED) is 0.772. The van der Waals surface area contributed by atoms with Crippen LogP contribution in [0.2, 0.25) is 0 Å². The summed E-state index contributed by atoms with van der Waals surface area (Å²) in [6, 6.07) is 3.44. The zero-order chi connectivity index (χ0) is 10.6. The topological polar surface area (TPSA) is 56.0 Å². The lowest BCUT2D eigenvalue weighted by molar-refractivity contribution is 0.102. The van der Waals surface area contributed by atoms with Crippen molar-refractivity contribution in [2.75, 3.05) is 11.5 Å². The van der Waals surface area contributed by atoms with Crippen LogP contribution in [0.4, 0.5) is 5.82 Å². The fraction of sp³-hybridized carbons (Fsp3) is 0.400. The zero-order valence-corrected chi connectivity index (χ0v) is 9.17. The van der Waals surface area contributed by atoms with Gasteiger partial charge in [-0.15, -0.1) is 0 Å². The number of ketones is 1. The second kappa shape index (κ2) is 5.00. The first-order chi connectivity index (χ1) is 6.61. The SMILES string of the molecule is CC(C)SCC(=O)c1cccnc1N. The third-order valence-electron chi connectivity index (χ3n) is 1.69. The van der Waals surface area contributed by atoms with E-state index in [0.717, 1.165) is 0 Å². The van der Waals surface area contributed by atoms with Gasteiger partial charge in [-0.2, -0.15) is 11.8 Å². The van der Waals surface area contributed by atoms with Gasteiger partial charge in [0.15, 0.2) is 5.78 Å². The molecular weight excluding hydrogens is 196 g/mol. The van der Waals surface area contributed by atoms with Crippen molar-refractivity contribution in [3.05, 3.63) is 23.9 Å². The first kappa shape index (κ1) is 11.0. The van der Waals surface area contributed by atoms with Gasteiger partial charge in [0.05, 0.1) is 11.3 Å². The number of thioether (sulfide) groups is 1. The molecule has 4 heteroatoms. The Hall–Kier alpha value is -1.03. The van der Waals surface area contributed by atoms with Gasteiger partial charge in [0.1, 0.15) is 5.82 Å². The van der Waals surface area contributed by atoms with E-state index in [1.807, 2.05) is 0 Å². The van der Waals surface area contributed by atoms with Gasteiger partial charge in [-0.05, 0) is 17.4 Å². The molecule has 0 unspecified atom stereocenters. The Labute approximate surface area is 88.1 Å². The highest BCUT2D eigenvalue weighted by Crippen LogP contribution is 2.14. The van der Waals surface area contributed by atoms with Crippen molar-refractivity contribution in [2.24, 2.45) is 0 Å². The number of pyridine rings is 1. The van der Waals surface area contributed by atoms with Gasteiger partial charge in [-0.3, -0.25) is 4.79 Å². The van der Waals surface area contributed by atoms with Crippen molar-refractivity contribution in [3.63, 3.8) is 0 Å². The van der Waals surface area contributed by atoms with E-state index in [1.54, 1.807) is 30.1 Å². The fourth-order valence-electron chi connectivity index (χ4n) is 0.973. The summed E-state index contributed by atoms with van der Waals surface area (Å²) in [7, 11) is 0. The first-order valence-electron chi connectivity index (χ1n) is 4.46. The van der Waals surface area contributed by atoms with Crippen molar-refractivity contribution in [2.45, 2.75) is 19.1 Å². The monoisotopic (exact) mass is 210 g/mol. The molecule has 2 N–H and O–H groups in total. The summed E-state index contributed by atoms with van der Waals surface area (Å²) in [5.41, 5.74) is 6.12. The van der Waals surface area contributed by atoms with Crippen LogP contribution < -0.4 is 5.73 Å². The molecule has 0 bridgehead atoms. The average Bonchev–Trinajstić information content (AvgIpc) is 2.15. The number of rotatable bonds is 4. The van der Waals surface area contributed by atoms with Crippen molar-refractivity contribution in [1.29, 1.82) is 0 Å². The Balaban J connectivity index is 2.65. The molecule has 3 nitrogen and oxygen atoms in total. The van der Waals surface area contributed by atoms with Crippen LogP contribution in [0.5, 0.6) is 0 Å². The minimum Gasteiger partial charge on any atom is -0.383 e. The lowest BCUT2D eigenvalue weighted by atomic mass is 10.2. The Morgan fingerprint density at radius 3 is 2.93 bits per heavy atom. The van der Waals surface area contributed by atoms with Gasteiger partial charge >= 0.3 is 0 Å². The lowest BCUT2D eigenvalue weighted by Crippen LogP contribution is -2.08. The van der Waals surface area contributed by atoms with E-state index < -0.39 is 0 Å². The normalized spacial score (nSPS) is 10.5. The van der Waals surface area contributed by atoms with Crippen LogP contribution in [0.15, 0.2) is 18.3 Å². The summed E-state index contributed by atoms with van der Waals surface area (Å²) in [5, 5.41) is 0.455. The second-order valence-electron chi connectivity index (χ2n) is 3.22. The number of aromatic nitrogens is 1. The average molecular weight is 210 g/mol. The molecule has 0 amide bonds. The van der Waals surface area contributed by atoms with Gasteiger partial charge in [0, 0.05) is 6.20 Å². The van der Waals surface area contributed by atoms with Crippen LogP contribution in [0.1, 0.15) is 24.2 Å². The van der Waals surface area contributed by atoms with E-state index in [2.05, 4.69) is 18.8 Å². The molecule has 1 aromatic heterocycles. The minimum absolute atomic E-state index is 0.0503. The van der Waals surface area contributed by atoms with Crippen molar-refractivity contribution < 1.29 is 4.79 Å². The molecule has 0 aromatic carbocycles. The number of Topliss-reactive ketones (excluding diaryl/α,β-unsaturated/α-hetero) is 1. The van der Waals surface area contributed by atoms with E-state index in [4.69, 9.17) is 5.73 Å². The standard InChI is InChI=1S/C10H14N2OS/c1-7(2)14-6-9(13)8-4-3-5-12-10(8)11/h3-5,7H,6H2,1-2H3,(H2,11,12). The van der Waals surface area contributed by atoms with Gasteiger partial charge in [0.25, 0.3) is 0 Å². The van der Waals surface area contributed by atoms with E-state index in [9.17, 15) is 4.79 Å². The molecule has 1 rings (SSSR count). The predicted octanol–water partition coefficient (Wildman–Crippen LogP) is 1.99. The van der Waals surface area contributed by atoms with Crippen LogP contribution in [0.25, 0.3) is 0 Å². The largest absolute Gasteiger partial charge is 0.383 e. The molecule has 0 aliphatic rings. The molecule has 0 radical (unpaired) electrons. The third-order valence-corrected chi connectivity index (χ3v) is 2.78. The van der Waals surface area contributed by atoms with E-state index >= 15 is 0 Å². The maximum Gasteiger partial charge on any atom is 0.176 e.